The van der Waals surface area contributed by atoms with Crippen LogP contribution in [0, 0.1) is 11.8 Å². The smallest absolute Gasteiger partial charge is 0.00966 e. The first-order valence-electron chi connectivity index (χ1n) is 7.50. The summed E-state index contributed by atoms with van der Waals surface area (Å²) in [6.07, 6.45) is 7.26. The summed E-state index contributed by atoms with van der Waals surface area (Å²) in [6, 6.07) is 0. The summed E-state index contributed by atoms with van der Waals surface area (Å²) < 4.78 is 0. The van der Waals surface area contributed by atoms with E-state index in [1.165, 1.54) is 58.3 Å². The average Bonchev–Trinajstić information content (AvgIpc) is 2.21. The maximum absolute atomic E-state index is 3.65. The Hall–Kier alpha value is -0.0800. The van der Waals surface area contributed by atoms with Crippen LogP contribution in [0.3, 0.4) is 0 Å². The standard InChI is InChI=1S/C15H30N2/c1-15(2,3)16-11-13-7-9-17(10-8-13)12-14-5-4-6-14/h13-14,16H,4-12H2,1-3H3. The van der Waals surface area contributed by atoms with E-state index >= 15 is 0 Å². The molecule has 17 heavy (non-hydrogen) atoms. The zero-order chi connectivity index (χ0) is 12.3. The molecule has 2 fully saturated rings. The Morgan fingerprint density at radius 3 is 2.12 bits per heavy atom. The zero-order valence-electron chi connectivity index (χ0n) is 12.0. The quantitative estimate of drug-likeness (QED) is 0.810. The van der Waals surface area contributed by atoms with Crippen LogP contribution in [-0.4, -0.2) is 36.6 Å². The number of nitrogens with one attached hydrogen (secondary N) is 1. The van der Waals surface area contributed by atoms with Crippen LogP contribution in [0.5, 0.6) is 0 Å². The van der Waals surface area contributed by atoms with Crippen LogP contribution in [0.4, 0.5) is 0 Å². The van der Waals surface area contributed by atoms with Gasteiger partial charge >= 0.3 is 0 Å². The topological polar surface area (TPSA) is 15.3 Å². The molecule has 1 N–H and O–H groups in total. The van der Waals surface area contributed by atoms with Crippen molar-refractivity contribution in [3.8, 4) is 0 Å². The van der Waals surface area contributed by atoms with Crippen molar-refractivity contribution in [1.29, 1.82) is 0 Å². The molecule has 1 saturated heterocycles. The fraction of sp³-hybridized carbons (Fsp3) is 1.00. The Morgan fingerprint density at radius 1 is 1.00 bits per heavy atom. The Balaban J connectivity index is 1.60. The van der Waals surface area contributed by atoms with E-state index < -0.39 is 0 Å². The molecule has 0 bridgehead atoms. The molecule has 2 heteroatoms. The lowest BCUT2D eigenvalue weighted by atomic mass is 9.84. The highest BCUT2D eigenvalue weighted by Gasteiger charge is 2.25. The molecule has 1 aliphatic carbocycles. The van der Waals surface area contributed by atoms with Crippen LogP contribution in [0.25, 0.3) is 0 Å². The van der Waals surface area contributed by atoms with E-state index in [1.54, 1.807) is 0 Å². The van der Waals surface area contributed by atoms with Gasteiger partial charge in [-0.2, -0.15) is 0 Å². The third-order valence-corrected chi connectivity index (χ3v) is 4.37. The highest BCUT2D eigenvalue weighted by atomic mass is 15.1. The van der Waals surface area contributed by atoms with Crippen LogP contribution in [0.1, 0.15) is 52.9 Å². The van der Waals surface area contributed by atoms with Gasteiger partial charge in [-0.3, -0.25) is 0 Å². The first kappa shape index (κ1) is 13.4. The van der Waals surface area contributed by atoms with E-state index in [-0.39, 0.29) is 5.54 Å². The van der Waals surface area contributed by atoms with Crippen molar-refractivity contribution in [2.24, 2.45) is 11.8 Å². The predicted molar refractivity (Wildman–Crippen MR) is 74.3 cm³/mol. The van der Waals surface area contributed by atoms with Gasteiger partial charge in [-0.05, 0) is 77.9 Å². The summed E-state index contributed by atoms with van der Waals surface area (Å²) in [5.74, 6) is 1.95. The van der Waals surface area contributed by atoms with Gasteiger partial charge in [0.05, 0.1) is 0 Å². The zero-order valence-corrected chi connectivity index (χ0v) is 12.0. The van der Waals surface area contributed by atoms with Crippen molar-refractivity contribution in [3.63, 3.8) is 0 Å². The van der Waals surface area contributed by atoms with E-state index in [0.29, 0.717) is 0 Å². The van der Waals surface area contributed by atoms with Crippen molar-refractivity contribution in [3.05, 3.63) is 0 Å². The van der Waals surface area contributed by atoms with Crippen LogP contribution in [-0.2, 0) is 0 Å². The van der Waals surface area contributed by atoms with E-state index in [9.17, 15) is 0 Å². The molecule has 2 nitrogen and oxygen atoms in total. The third kappa shape index (κ3) is 4.59. The van der Waals surface area contributed by atoms with Gasteiger partial charge in [-0.25, -0.2) is 0 Å². The molecule has 1 saturated carbocycles. The van der Waals surface area contributed by atoms with Gasteiger partial charge < -0.3 is 10.2 Å². The Labute approximate surface area is 107 Å². The van der Waals surface area contributed by atoms with Crippen LogP contribution in [0.15, 0.2) is 0 Å². The fourth-order valence-electron chi connectivity index (χ4n) is 2.86. The van der Waals surface area contributed by atoms with Gasteiger partial charge in [0.1, 0.15) is 0 Å². The number of hydrogen-bond donors (Lipinski definition) is 1. The molecule has 0 atom stereocenters. The van der Waals surface area contributed by atoms with E-state index in [1.807, 2.05) is 0 Å². The molecule has 100 valence electrons. The highest BCUT2D eigenvalue weighted by Crippen LogP contribution is 2.28. The molecule has 0 aromatic rings. The van der Waals surface area contributed by atoms with E-state index in [4.69, 9.17) is 0 Å². The van der Waals surface area contributed by atoms with Gasteiger partial charge in [0, 0.05) is 12.1 Å². The molecule has 0 amide bonds. The Kier molecular flexibility index (Phi) is 4.48. The number of piperidine rings is 1. The molecular weight excluding hydrogens is 208 g/mol. The van der Waals surface area contributed by atoms with E-state index in [0.717, 1.165) is 11.8 Å². The maximum atomic E-state index is 3.65. The Bertz CT molecular complexity index is 220. The summed E-state index contributed by atoms with van der Waals surface area (Å²) in [5.41, 5.74) is 0.281. The minimum Gasteiger partial charge on any atom is -0.312 e. The third-order valence-electron chi connectivity index (χ3n) is 4.37. The lowest BCUT2D eigenvalue weighted by Crippen LogP contribution is -2.44. The SMILES string of the molecule is CC(C)(C)NCC1CCN(CC2CCC2)CC1. The molecule has 0 spiro atoms. The fourth-order valence-corrected chi connectivity index (χ4v) is 2.86. The number of hydrogen-bond acceptors (Lipinski definition) is 2. The van der Waals surface area contributed by atoms with Crippen molar-refractivity contribution in [2.75, 3.05) is 26.2 Å². The van der Waals surface area contributed by atoms with Gasteiger partial charge in [-0.1, -0.05) is 6.42 Å². The summed E-state index contributed by atoms with van der Waals surface area (Å²) >= 11 is 0. The number of likely N-dealkylation sites (tertiary alicyclic amines) is 1. The molecule has 0 unspecified atom stereocenters. The van der Waals surface area contributed by atoms with Gasteiger partial charge in [0.2, 0.25) is 0 Å². The van der Waals surface area contributed by atoms with Crippen LogP contribution in [0.2, 0.25) is 0 Å². The van der Waals surface area contributed by atoms with Crippen LogP contribution < -0.4 is 5.32 Å². The first-order valence-corrected chi connectivity index (χ1v) is 7.50. The molecule has 1 heterocycles. The Morgan fingerprint density at radius 2 is 1.65 bits per heavy atom. The summed E-state index contributed by atoms with van der Waals surface area (Å²) in [6.45, 7) is 12.1. The molecule has 1 aliphatic heterocycles. The summed E-state index contributed by atoms with van der Waals surface area (Å²) in [4.78, 5) is 2.71. The second kappa shape index (κ2) is 5.71. The highest BCUT2D eigenvalue weighted by molar-refractivity contribution is 4.80. The van der Waals surface area contributed by atoms with Crippen molar-refractivity contribution < 1.29 is 0 Å². The molecule has 0 aromatic carbocycles. The number of rotatable bonds is 4. The number of nitrogens with zero attached hydrogens (tertiary/aromatic N) is 1. The lowest BCUT2D eigenvalue weighted by Gasteiger charge is -2.37. The van der Waals surface area contributed by atoms with Crippen molar-refractivity contribution in [1.82, 2.24) is 10.2 Å². The van der Waals surface area contributed by atoms with Crippen molar-refractivity contribution >= 4 is 0 Å². The second-order valence-corrected chi connectivity index (χ2v) is 7.17. The molecule has 2 aliphatic rings. The summed E-state index contributed by atoms with van der Waals surface area (Å²) in [5, 5.41) is 3.65. The second-order valence-electron chi connectivity index (χ2n) is 7.17. The molecular formula is C15H30N2. The minimum atomic E-state index is 0.281. The average molecular weight is 238 g/mol. The normalized spacial score (nSPS) is 24.9. The molecule has 2 rings (SSSR count). The van der Waals surface area contributed by atoms with Crippen molar-refractivity contribution in [2.45, 2.75) is 58.4 Å². The first-order chi connectivity index (χ1) is 8.03. The van der Waals surface area contributed by atoms with Gasteiger partial charge in [0.25, 0.3) is 0 Å². The lowest BCUT2D eigenvalue weighted by molar-refractivity contribution is 0.128. The van der Waals surface area contributed by atoms with E-state index in [2.05, 4.69) is 31.0 Å². The molecule has 0 aromatic heterocycles. The monoisotopic (exact) mass is 238 g/mol. The largest absolute Gasteiger partial charge is 0.312 e. The van der Waals surface area contributed by atoms with Gasteiger partial charge in [0.15, 0.2) is 0 Å². The minimum absolute atomic E-state index is 0.281. The molecule has 0 radical (unpaired) electrons. The van der Waals surface area contributed by atoms with Crippen LogP contribution >= 0.6 is 0 Å². The maximum Gasteiger partial charge on any atom is 0.00966 e. The predicted octanol–water partition coefficient (Wildman–Crippen LogP) is 2.89. The summed E-state index contributed by atoms with van der Waals surface area (Å²) in [7, 11) is 0. The van der Waals surface area contributed by atoms with Gasteiger partial charge in [-0.15, -0.1) is 0 Å².